The summed E-state index contributed by atoms with van der Waals surface area (Å²) in [7, 11) is -4.81. The number of carbonyl (C=O) groups is 2. The number of rotatable bonds is 7. The van der Waals surface area contributed by atoms with Gasteiger partial charge in [0, 0.05) is 12.6 Å². The van der Waals surface area contributed by atoms with Crippen LogP contribution in [0, 0.1) is 17.8 Å². The number of amides is 3. The van der Waals surface area contributed by atoms with Crippen LogP contribution in [0.3, 0.4) is 0 Å². The lowest BCUT2D eigenvalue weighted by molar-refractivity contribution is -0.139. The van der Waals surface area contributed by atoms with Gasteiger partial charge in [0.25, 0.3) is 5.91 Å². The molecule has 2 saturated carbocycles. The number of piperidine rings is 1. The van der Waals surface area contributed by atoms with E-state index < -0.39 is 34.4 Å². The highest BCUT2D eigenvalue weighted by molar-refractivity contribution is 7.80. The molecule has 2 aliphatic carbocycles. The van der Waals surface area contributed by atoms with E-state index in [0.29, 0.717) is 17.4 Å². The lowest BCUT2D eigenvalue weighted by Crippen LogP contribution is -2.51. The molecule has 2 saturated heterocycles. The molecule has 0 aromatic rings. The van der Waals surface area contributed by atoms with Crippen molar-refractivity contribution >= 4 is 22.3 Å². The van der Waals surface area contributed by atoms with E-state index in [2.05, 4.69) is 9.76 Å². The van der Waals surface area contributed by atoms with E-state index in [1.54, 1.807) is 0 Å². The first-order valence-electron chi connectivity index (χ1n) is 8.20. The van der Waals surface area contributed by atoms with Crippen LogP contribution >= 0.6 is 0 Å². The molecular weight excluding hydrogens is 356 g/mol. The van der Waals surface area contributed by atoms with E-state index in [4.69, 9.17) is 15.1 Å². The fraction of sp³-hybridized carbons (Fsp3) is 0.846. The lowest BCUT2D eigenvalue weighted by Gasteiger charge is -2.28. The fourth-order valence-corrected chi connectivity index (χ4v) is 4.27. The van der Waals surface area contributed by atoms with Gasteiger partial charge in [-0.05, 0) is 37.0 Å². The Balaban J connectivity index is 1.38. The van der Waals surface area contributed by atoms with Gasteiger partial charge in [-0.25, -0.2) is 10.3 Å². The Kier molecular flexibility index (Phi) is 3.92. The predicted octanol–water partition coefficient (Wildman–Crippen LogP) is -1.37. The predicted molar refractivity (Wildman–Crippen MR) is 80.5 cm³/mol. The van der Waals surface area contributed by atoms with Crippen molar-refractivity contribution in [2.45, 2.75) is 37.4 Å². The molecule has 2 aliphatic heterocycles. The zero-order valence-corrected chi connectivity index (χ0v) is 14.1. The van der Waals surface area contributed by atoms with Crippen LogP contribution in [0.1, 0.15) is 19.3 Å². The number of nitrogens with two attached hydrogens (primary N) is 1. The van der Waals surface area contributed by atoms with Crippen molar-refractivity contribution in [2.75, 3.05) is 13.2 Å². The third kappa shape index (κ3) is 3.19. The maximum Gasteiger partial charge on any atom is 0.418 e. The van der Waals surface area contributed by atoms with Gasteiger partial charge in [-0.15, -0.1) is 4.28 Å². The van der Waals surface area contributed by atoms with Gasteiger partial charge in [0.05, 0.1) is 12.6 Å². The van der Waals surface area contributed by atoms with Gasteiger partial charge in [0.2, 0.25) is 0 Å². The van der Waals surface area contributed by atoms with Crippen molar-refractivity contribution in [2.24, 2.45) is 23.5 Å². The maximum absolute atomic E-state index is 12.4. The van der Waals surface area contributed by atoms with Crippen molar-refractivity contribution in [3.8, 4) is 0 Å². The topological polar surface area (TPSA) is 151 Å². The first kappa shape index (κ1) is 17.0. The highest BCUT2D eigenvalue weighted by Gasteiger charge is 2.65. The molecule has 4 rings (SSSR count). The molecule has 4 N–H and O–H groups in total. The molecule has 11 nitrogen and oxygen atoms in total. The Morgan fingerprint density at radius 3 is 2.76 bits per heavy atom. The Labute approximate surface area is 144 Å². The number of carbonyl (C=O) groups excluding carboxylic acids is 2. The molecule has 140 valence electrons. The van der Waals surface area contributed by atoms with Gasteiger partial charge in [-0.3, -0.25) is 14.2 Å². The largest absolute Gasteiger partial charge is 0.418 e. The molecule has 4 fully saturated rings. The van der Waals surface area contributed by atoms with Gasteiger partial charge in [0.1, 0.15) is 6.04 Å². The molecule has 2 heterocycles. The van der Waals surface area contributed by atoms with Crippen LogP contribution < -0.4 is 11.2 Å². The van der Waals surface area contributed by atoms with Crippen molar-refractivity contribution in [3.05, 3.63) is 0 Å². The summed E-state index contributed by atoms with van der Waals surface area (Å²) in [4.78, 5) is 31.2. The summed E-state index contributed by atoms with van der Waals surface area (Å²) in [6.45, 7) is 0.362. The number of hydrogen-bond acceptors (Lipinski definition) is 7. The van der Waals surface area contributed by atoms with Gasteiger partial charge in [-0.2, -0.15) is 13.5 Å². The van der Waals surface area contributed by atoms with E-state index in [0.717, 1.165) is 12.8 Å². The summed E-state index contributed by atoms with van der Waals surface area (Å²) < 4.78 is 35.1. The maximum atomic E-state index is 12.4. The van der Waals surface area contributed by atoms with Crippen molar-refractivity contribution < 1.29 is 31.7 Å². The van der Waals surface area contributed by atoms with Crippen LogP contribution in [-0.4, -0.2) is 66.1 Å². The SMILES string of the molecule is NC(CONC(=O)[C@@H]1C2CC2[C@@H]2CN1C(=O)N2OS(=O)(=O)O)C1CC1. The van der Waals surface area contributed by atoms with E-state index in [9.17, 15) is 18.0 Å². The minimum absolute atomic E-state index is 0.0473. The summed E-state index contributed by atoms with van der Waals surface area (Å²) in [6.07, 6.45) is 2.80. The molecule has 0 aromatic carbocycles. The first-order valence-corrected chi connectivity index (χ1v) is 9.57. The number of hydroxylamine groups is 3. The number of nitrogens with zero attached hydrogens (tertiary/aromatic N) is 2. The monoisotopic (exact) mass is 376 g/mol. The average Bonchev–Trinajstić information content (AvgIpc) is 3.41. The summed E-state index contributed by atoms with van der Waals surface area (Å²) in [5.74, 6) is -0.158. The molecule has 0 aromatic heterocycles. The van der Waals surface area contributed by atoms with Crippen LogP contribution in [0.2, 0.25) is 0 Å². The summed E-state index contributed by atoms with van der Waals surface area (Å²) in [5, 5.41) is 0.650. The number of nitrogens with one attached hydrogen (secondary N) is 1. The van der Waals surface area contributed by atoms with Crippen LogP contribution in [0.15, 0.2) is 0 Å². The zero-order valence-electron chi connectivity index (χ0n) is 13.3. The highest BCUT2D eigenvalue weighted by atomic mass is 32.3. The Morgan fingerprint density at radius 2 is 2.12 bits per heavy atom. The summed E-state index contributed by atoms with van der Waals surface area (Å²) in [5.41, 5.74) is 8.24. The first-order chi connectivity index (χ1) is 11.8. The summed E-state index contributed by atoms with van der Waals surface area (Å²) >= 11 is 0. The quantitative estimate of drug-likeness (QED) is 0.364. The third-order valence-corrected chi connectivity index (χ3v) is 5.71. The van der Waals surface area contributed by atoms with E-state index in [1.165, 1.54) is 4.90 Å². The smallest absolute Gasteiger partial charge is 0.325 e. The number of urea groups is 1. The van der Waals surface area contributed by atoms with Crippen molar-refractivity contribution in [1.82, 2.24) is 15.4 Å². The number of hydrogen-bond donors (Lipinski definition) is 3. The average molecular weight is 376 g/mol. The second-order valence-corrected chi connectivity index (χ2v) is 8.12. The molecule has 5 atom stereocenters. The van der Waals surface area contributed by atoms with Gasteiger partial charge < -0.3 is 10.6 Å². The zero-order chi connectivity index (χ0) is 17.9. The summed E-state index contributed by atoms with van der Waals surface area (Å²) in [6, 6.07) is -2.13. The molecule has 12 heteroatoms. The van der Waals surface area contributed by atoms with Gasteiger partial charge in [0.15, 0.2) is 0 Å². The lowest BCUT2D eigenvalue weighted by atomic mass is 10.0. The van der Waals surface area contributed by atoms with Gasteiger partial charge in [-0.1, -0.05) is 0 Å². The highest BCUT2D eigenvalue weighted by Crippen LogP contribution is 2.53. The van der Waals surface area contributed by atoms with Crippen molar-refractivity contribution in [1.29, 1.82) is 0 Å². The van der Waals surface area contributed by atoms with E-state index >= 15 is 0 Å². The minimum atomic E-state index is -4.81. The van der Waals surface area contributed by atoms with E-state index in [-0.39, 0.29) is 31.0 Å². The fourth-order valence-electron chi connectivity index (χ4n) is 3.89. The Hall–Kier alpha value is -1.47. The van der Waals surface area contributed by atoms with Crippen LogP contribution in [-0.2, 0) is 24.3 Å². The molecule has 4 aliphatic rings. The second kappa shape index (κ2) is 5.77. The molecule has 3 unspecified atom stereocenters. The Bertz CT molecular complexity index is 696. The molecular formula is C13H20N4O7S. The van der Waals surface area contributed by atoms with E-state index in [1.807, 2.05) is 0 Å². The van der Waals surface area contributed by atoms with Crippen LogP contribution in [0.4, 0.5) is 4.79 Å². The standard InChI is InChI=1S/C13H20N4O7S/c14-9(6-1-2-6)5-23-15-12(18)11-8-3-7(8)10-4-16(11)13(19)17(10)24-25(20,21)22/h6-11H,1-5,14H2,(H,15,18)(H,20,21,22)/t7?,8?,9?,10-,11-/m0/s1. The number of fused-ring (bicyclic) bond motifs is 4. The van der Waals surface area contributed by atoms with Crippen molar-refractivity contribution in [3.63, 3.8) is 0 Å². The van der Waals surface area contributed by atoms with Crippen LogP contribution in [0.5, 0.6) is 0 Å². The Morgan fingerprint density at radius 1 is 1.40 bits per heavy atom. The normalized spacial score (nSPS) is 34.7. The van der Waals surface area contributed by atoms with Gasteiger partial charge >= 0.3 is 16.4 Å². The molecule has 3 amide bonds. The second-order valence-electron chi connectivity index (χ2n) is 7.12. The molecule has 2 bridgehead atoms. The minimum Gasteiger partial charge on any atom is -0.325 e. The molecule has 0 spiro atoms. The molecule has 25 heavy (non-hydrogen) atoms. The third-order valence-electron chi connectivity index (χ3n) is 5.37. The molecule has 0 radical (unpaired) electrons. The van der Waals surface area contributed by atoms with Crippen LogP contribution in [0.25, 0.3) is 0 Å².